The highest BCUT2D eigenvalue weighted by Gasteiger charge is 2.43. The van der Waals surface area contributed by atoms with Gasteiger partial charge in [-0.2, -0.15) is 18.4 Å². The van der Waals surface area contributed by atoms with Crippen LogP contribution in [0, 0.1) is 23.2 Å². The number of halogens is 3. The van der Waals surface area contributed by atoms with E-state index in [9.17, 15) is 23.2 Å². The summed E-state index contributed by atoms with van der Waals surface area (Å²) in [5.74, 6) is -1.70. The number of rotatable bonds is 3. The molecule has 1 N–H and O–H groups in total. The van der Waals surface area contributed by atoms with Crippen molar-refractivity contribution in [2.45, 2.75) is 32.4 Å². The lowest BCUT2D eigenvalue weighted by molar-refractivity contribution is -0.136. The minimum Gasteiger partial charge on any atom is -0.475 e. The van der Waals surface area contributed by atoms with Gasteiger partial charge in [-0.05, 0) is 41.9 Å². The second-order valence-electron chi connectivity index (χ2n) is 6.42. The molecule has 1 aromatic heterocycles. The van der Waals surface area contributed by atoms with Crippen LogP contribution in [0.15, 0.2) is 16.5 Å². The second kappa shape index (κ2) is 5.26. The molecular formula is C17H14F3NO3. The van der Waals surface area contributed by atoms with Gasteiger partial charge in [0.15, 0.2) is 0 Å². The fourth-order valence-corrected chi connectivity index (χ4v) is 3.24. The predicted octanol–water partition coefficient (Wildman–Crippen LogP) is 4.78. The standard InChI is InChI=1S/C17H14F3NO3/c1-7(2)9-5-10(9)8-3-11-12(6-21)15(16(22)23)24-14(11)13(4-8)17(18,19)20/h3-4,7,9-10H,5H2,1-2H3,(H,22,23). The van der Waals surface area contributed by atoms with Crippen molar-refractivity contribution < 1.29 is 27.5 Å². The van der Waals surface area contributed by atoms with Gasteiger partial charge in [-0.15, -0.1) is 0 Å². The molecule has 2 atom stereocenters. The van der Waals surface area contributed by atoms with E-state index in [-0.39, 0.29) is 16.9 Å². The molecule has 0 aliphatic heterocycles. The Morgan fingerprint density at radius 2 is 2.08 bits per heavy atom. The van der Waals surface area contributed by atoms with Crippen LogP contribution in [-0.2, 0) is 6.18 Å². The van der Waals surface area contributed by atoms with Gasteiger partial charge in [0.05, 0.1) is 5.56 Å². The molecule has 1 heterocycles. The van der Waals surface area contributed by atoms with Crippen LogP contribution < -0.4 is 0 Å². The predicted molar refractivity (Wildman–Crippen MR) is 78.6 cm³/mol. The first-order valence-electron chi connectivity index (χ1n) is 7.46. The normalized spacial score (nSPS) is 20.4. The minimum atomic E-state index is -4.70. The Morgan fingerprint density at radius 3 is 2.54 bits per heavy atom. The summed E-state index contributed by atoms with van der Waals surface area (Å²) < 4.78 is 45.1. The molecule has 4 nitrogen and oxygen atoms in total. The van der Waals surface area contributed by atoms with E-state index in [1.54, 1.807) is 6.07 Å². The van der Waals surface area contributed by atoms with E-state index in [0.717, 1.165) is 12.5 Å². The number of alkyl halides is 3. The second-order valence-corrected chi connectivity index (χ2v) is 6.42. The smallest absolute Gasteiger partial charge is 0.420 e. The molecule has 24 heavy (non-hydrogen) atoms. The van der Waals surface area contributed by atoms with E-state index in [2.05, 4.69) is 0 Å². The average Bonchev–Trinajstić information content (AvgIpc) is 3.19. The lowest BCUT2D eigenvalue weighted by atomic mass is 9.98. The summed E-state index contributed by atoms with van der Waals surface area (Å²) in [5, 5.41) is 18.2. The maximum atomic E-state index is 13.4. The van der Waals surface area contributed by atoms with Crippen LogP contribution in [-0.4, -0.2) is 11.1 Å². The van der Waals surface area contributed by atoms with Gasteiger partial charge in [0.25, 0.3) is 0 Å². The van der Waals surface area contributed by atoms with E-state index in [0.29, 0.717) is 17.4 Å². The van der Waals surface area contributed by atoms with E-state index in [4.69, 9.17) is 9.52 Å². The van der Waals surface area contributed by atoms with Gasteiger partial charge in [-0.25, -0.2) is 4.79 Å². The molecular weight excluding hydrogens is 323 g/mol. The van der Waals surface area contributed by atoms with Crippen molar-refractivity contribution in [2.24, 2.45) is 11.8 Å². The van der Waals surface area contributed by atoms with Crippen LogP contribution in [0.2, 0.25) is 0 Å². The summed E-state index contributed by atoms with van der Waals surface area (Å²) >= 11 is 0. The molecule has 1 aliphatic carbocycles. The maximum absolute atomic E-state index is 13.4. The number of nitriles is 1. The minimum absolute atomic E-state index is 0.00905. The van der Waals surface area contributed by atoms with E-state index in [1.165, 1.54) is 6.07 Å². The van der Waals surface area contributed by atoms with E-state index in [1.807, 2.05) is 13.8 Å². The highest BCUT2D eigenvalue weighted by atomic mass is 19.4. The number of benzene rings is 1. The SMILES string of the molecule is CC(C)C1CC1c1cc(C(F)(F)F)c2oc(C(=O)O)c(C#N)c2c1. The Balaban J connectivity index is 2.27. The summed E-state index contributed by atoms with van der Waals surface area (Å²) in [6.07, 6.45) is -3.91. The van der Waals surface area contributed by atoms with Crippen LogP contribution in [0.5, 0.6) is 0 Å². The lowest BCUT2D eigenvalue weighted by Crippen LogP contribution is -2.06. The molecule has 0 amide bonds. The number of carboxylic acids is 1. The molecule has 1 aromatic carbocycles. The van der Waals surface area contributed by atoms with Gasteiger partial charge in [-0.3, -0.25) is 0 Å². The van der Waals surface area contributed by atoms with Crippen molar-refractivity contribution in [1.29, 1.82) is 5.26 Å². The quantitative estimate of drug-likeness (QED) is 0.874. The topological polar surface area (TPSA) is 74.2 Å². The Kier molecular flexibility index (Phi) is 3.59. The number of aromatic carboxylic acids is 1. The number of carboxylic acid groups (broad SMARTS) is 1. The summed E-state index contributed by atoms with van der Waals surface area (Å²) in [6, 6.07) is 4.14. The highest BCUT2D eigenvalue weighted by Crippen LogP contribution is 2.53. The molecule has 126 valence electrons. The van der Waals surface area contributed by atoms with Gasteiger partial charge in [0, 0.05) is 5.39 Å². The zero-order valence-electron chi connectivity index (χ0n) is 12.9. The Hall–Kier alpha value is -2.49. The maximum Gasteiger partial charge on any atom is 0.420 e. The number of nitrogens with zero attached hydrogens (tertiary/aromatic N) is 1. The molecule has 2 unspecified atom stereocenters. The molecule has 0 bridgehead atoms. The number of fused-ring (bicyclic) bond motifs is 1. The first-order valence-corrected chi connectivity index (χ1v) is 7.46. The summed E-state index contributed by atoms with van der Waals surface area (Å²) in [5.41, 5.74) is -1.52. The van der Waals surface area contributed by atoms with Gasteiger partial charge < -0.3 is 9.52 Å². The summed E-state index contributed by atoms with van der Waals surface area (Å²) in [7, 11) is 0. The third kappa shape index (κ3) is 2.52. The van der Waals surface area contributed by atoms with Crippen molar-refractivity contribution in [3.05, 3.63) is 34.6 Å². The zero-order chi connectivity index (χ0) is 17.8. The molecule has 3 rings (SSSR count). The summed E-state index contributed by atoms with van der Waals surface area (Å²) in [4.78, 5) is 11.2. The van der Waals surface area contributed by atoms with Crippen molar-refractivity contribution in [3.8, 4) is 6.07 Å². The molecule has 0 saturated heterocycles. The molecule has 1 fully saturated rings. The van der Waals surface area contributed by atoms with Gasteiger partial charge in [-0.1, -0.05) is 13.8 Å². The number of carbonyl (C=O) groups is 1. The molecule has 0 radical (unpaired) electrons. The van der Waals surface area contributed by atoms with E-state index < -0.39 is 29.1 Å². The third-order valence-corrected chi connectivity index (χ3v) is 4.55. The van der Waals surface area contributed by atoms with Crippen LogP contribution in [0.3, 0.4) is 0 Å². The molecule has 0 spiro atoms. The third-order valence-electron chi connectivity index (χ3n) is 4.55. The lowest BCUT2D eigenvalue weighted by Gasteiger charge is -2.10. The van der Waals surface area contributed by atoms with Crippen LogP contribution >= 0.6 is 0 Å². The number of furan rings is 1. The zero-order valence-corrected chi connectivity index (χ0v) is 12.9. The van der Waals surface area contributed by atoms with Crippen LogP contribution in [0.25, 0.3) is 11.0 Å². The highest BCUT2D eigenvalue weighted by molar-refractivity contribution is 5.98. The Morgan fingerprint density at radius 1 is 1.42 bits per heavy atom. The van der Waals surface area contributed by atoms with Crippen molar-refractivity contribution in [3.63, 3.8) is 0 Å². The fraction of sp³-hybridized carbons (Fsp3) is 0.412. The monoisotopic (exact) mass is 337 g/mol. The number of hydrogen-bond acceptors (Lipinski definition) is 3. The largest absolute Gasteiger partial charge is 0.475 e. The van der Waals surface area contributed by atoms with Gasteiger partial charge in [0.1, 0.15) is 17.2 Å². The van der Waals surface area contributed by atoms with Gasteiger partial charge in [0.2, 0.25) is 5.76 Å². The average molecular weight is 337 g/mol. The van der Waals surface area contributed by atoms with Crippen molar-refractivity contribution in [2.75, 3.05) is 0 Å². The molecule has 7 heteroatoms. The van der Waals surface area contributed by atoms with Crippen LogP contribution in [0.4, 0.5) is 13.2 Å². The van der Waals surface area contributed by atoms with Crippen molar-refractivity contribution >= 4 is 16.9 Å². The first-order chi connectivity index (χ1) is 11.1. The fourth-order valence-electron chi connectivity index (χ4n) is 3.24. The Bertz CT molecular complexity index is 874. The molecule has 2 aromatic rings. The van der Waals surface area contributed by atoms with E-state index >= 15 is 0 Å². The summed E-state index contributed by atoms with van der Waals surface area (Å²) in [6.45, 7) is 4.02. The molecule has 1 saturated carbocycles. The first kappa shape index (κ1) is 16.4. The number of hydrogen-bond donors (Lipinski definition) is 1. The van der Waals surface area contributed by atoms with Gasteiger partial charge >= 0.3 is 12.1 Å². The molecule has 1 aliphatic rings. The van der Waals surface area contributed by atoms with Crippen molar-refractivity contribution in [1.82, 2.24) is 0 Å². The van der Waals surface area contributed by atoms with Crippen LogP contribution in [0.1, 0.15) is 53.4 Å². The Labute approximate surface area is 135 Å².